The lowest BCUT2D eigenvalue weighted by Gasteiger charge is -2.12. The molecule has 1 aromatic rings. The number of benzene rings is 1. The summed E-state index contributed by atoms with van der Waals surface area (Å²) in [5, 5.41) is 10.8. The van der Waals surface area contributed by atoms with Crippen molar-refractivity contribution in [3.63, 3.8) is 0 Å². The van der Waals surface area contributed by atoms with E-state index in [0.717, 1.165) is 10.6 Å². The minimum Gasteiger partial charge on any atom is -0.496 e. The van der Waals surface area contributed by atoms with E-state index in [1.54, 1.807) is 26.3 Å². The van der Waals surface area contributed by atoms with Crippen molar-refractivity contribution in [2.24, 2.45) is 0 Å². The third kappa shape index (κ3) is 2.88. The molecular weight excluding hydrogens is 190 g/mol. The molecule has 0 fully saturated rings. The number of ether oxygens (including phenoxy) is 1. The van der Waals surface area contributed by atoms with Crippen LogP contribution in [0, 0.1) is 0 Å². The van der Waals surface area contributed by atoms with Crippen LogP contribution in [0.25, 0.3) is 0 Å². The Balaban J connectivity index is 2.92. The lowest BCUT2D eigenvalue weighted by atomic mass is 10.2. The highest BCUT2D eigenvalue weighted by Gasteiger charge is 2.04. The molecule has 1 N–H and O–H groups in total. The molecule has 0 atom stereocenters. The predicted octanol–water partition coefficient (Wildman–Crippen LogP) is 2.17. The van der Waals surface area contributed by atoms with Gasteiger partial charge in [-0.25, -0.2) is 0 Å². The lowest BCUT2D eigenvalue weighted by molar-refractivity contribution is -0.0735. The van der Waals surface area contributed by atoms with Crippen molar-refractivity contribution in [1.82, 2.24) is 5.06 Å². The summed E-state index contributed by atoms with van der Waals surface area (Å²) in [6.07, 6.45) is 0. The van der Waals surface area contributed by atoms with E-state index in [1.807, 2.05) is 6.07 Å². The Hall–Kier alpha value is -0.770. The summed E-state index contributed by atoms with van der Waals surface area (Å²) in [5.41, 5.74) is 0.900. The van der Waals surface area contributed by atoms with Crippen LogP contribution >= 0.6 is 11.6 Å². The molecule has 1 aromatic carbocycles. The second-order valence-electron chi connectivity index (χ2n) is 2.77. The summed E-state index contributed by atoms with van der Waals surface area (Å²) in [5.74, 6) is 0.688. The van der Waals surface area contributed by atoms with Crippen LogP contribution in [-0.4, -0.2) is 24.4 Å². The van der Waals surface area contributed by atoms with Crippen LogP contribution in [0.5, 0.6) is 5.75 Å². The summed E-state index contributed by atoms with van der Waals surface area (Å²) in [7, 11) is 3.15. The lowest BCUT2D eigenvalue weighted by Crippen LogP contribution is -2.12. The Bertz CT molecular complexity index is 289. The SMILES string of the molecule is COc1cc(Cl)ccc1CN(C)O. The van der Waals surface area contributed by atoms with Crippen LogP contribution in [0.3, 0.4) is 0 Å². The van der Waals surface area contributed by atoms with E-state index >= 15 is 0 Å². The number of halogens is 1. The maximum atomic E-state index is 9.04. The summed E-state index contributed by atoms with van der Waals surface area (Å²) >= 11 is 5.78. The van der Waals surface area contributed by atoms with Crippen molar-refractivity contribution < 1.29 is 9.94 Å². The summed E-state index contributed by atoms with van der Waals surface area (Å²) in [6, 6.07) is 5.32. The molecule has 72 valence electrons. The quantitative estimate of drug-likeness (QED) is 0.761. The molecule has 0 heterocycles. The van der Waals surface area contributed by atoms with Crippen molar-refractivity contribution in [2.45, 2.75) is 6.54 Å². The molecular formula is C9H12ClNO2. The molecule has 0 amide bonds. The van der Waals surface area contributed by atoms with Crippen molar-refractivity contribution in [1.29, 1.82) is 0 Å². The monoisotopic (exact) mass is 201 g/mol. The molecule has 0 aromatic heterocycles. The second-order valence-corrected chi connectivity index (χ2v) is 3.21. The van der Waals surface area contributed by atoms with Crippen LogP contribution in [0.2, 0.25) is 5.02 Å². The molecule has 0 spiro atoms. The maximum absolute atomic E-state index is 9.04. The second kappa shape index (κ2) is 4.46. The minimum absolute atomic E-state index is 0.417. The Morgan fingerprint density at radius 3 is 2.77 bits per heavy atom. The molecule has 0 saturated carbocycles. The van der Waals surface area contributed by atoms with E-state index < -0.39 is 0 Å². The molecule has 0 unspecified atom stereocenters. The van der Waals surface area contributed by atoms with Gasteiger partial charge in [0.25, 0.3) is 0 Å². The molecule has 0 aliphatic carbocycles. The number of hydrogen-bond acceptors (Lipinski definition) is 3. The van der Waals surface area contributed by atoms with Gasteiger partial charge in [0.2, 0.25) is 0 Å². The van der Waals surface area contributed by atoms with E-state index in [-0.39, 0.29) is 0 Å². The number of methoxy groups -OCH3 is 1. The van der Waals surface area contributed by atoms with Gasteiger partial charge in [0.1, 0.15) is 5.75 Å². The zero-order valence-corrected chi connectivity index (χ0v) is 8.38. The average Bonchev–Trinajstić information content (AvgIpc) is 2.07. The van der Waals surface area contributed by atoms with Crippen molar-refractivity contribution >= 4 is 11.6 Å². The highest BCUT2D eigenvalue weighted by Crippen LogP contribution is 2.23. The van der Waals surface area contributed by atoms with Gasteiger partial charge in [0.05, 0.1) is 13.7 Å². The van der Waals surface area contributed by atoms with E-state index in [1.165, 1.54) is 0 Å². The summed E-state index contributed by atoms with van der Waals surface area (Å²) in [4.78, 5) is 0. The zero-order chi connectivity index (χ0) is 9.84. The van der Waals surface area contributed by atoms with Gasteiger partial charge in [0, 0.05) is 17.6 Å². The first-order valence-electron chi connectivity index (χ1n) is 3.86. The van der Waals surface area contributed by atoms with Crippen LogP contribution in [0.1, 0.15) is 5.56 Å². The molecule has 0 aliphatic rings. The van der Waals surface area contributed by atoms with Gasteiger partial charge in [0.15, 0.2) is 0 Å². The molecule has 13 heavy (non-hydrogen) atoms. The third-order valence-electron chi connectivity index (χ3n) is 1.65. The van der Waals surface area contributed by atoms with Gasteiger partial charge < -0.3 is 9.94 Å². The van der Waals surface area contributed by atoms with E-state index in [9.17, 15) is 0 Å². The number of hydroxylamine groups is 2. The van der Waals surface area contributed by atoms with E-state index in [4.69, 9.17) is 21.5 Å². The highest BCUT2D eigenvalue weighted by molar-refractivity contribution is 6.30. The van der Waals surface area contributed by atoms with Gasteiger partial charge >= 0.3 is 0 Å². The smallest absolute Gasteiger partial charge is 0.124 e. The molecule has 0 bridgehead atoms. The topological polar surface area (TPSA) is 32.7 Å². The zero-order valence-electron chi connectivity index (χ0n) is 7.62. The van der Waals surface area contributed by atoms with Gasteiger partial charge in [-0.3, -0.25) is 0 Å². The number of hydrogen-bond donors (Lipinski definition) is 1. The first kappa shape index (κ1) is 10.3. The third-order valence-corrected chi connectivity index (χ3v) is 1.88. The maximum Gasteiger partial charge on any atom is 0.124 e. The normalized spacial score (nSPS) is 10.5. The Kier molecular flexibility index (Phi) is 3.54. The van der Waals surface area contributed by atoms with Gasteiger partial charge in [-0.2, -0.15) is 5.06 Å². The fourth-order valence-corrected chi connectivity index (χ4v) is 1.26. The van der Waals surface area contributed by atoms with Crippen LogP contribution in [-0.2, 0) is 6.54 Å². The van der Waals surface area contributed by atoms with Gasteiger partial charge in [-0.15, -0.1) is 0 Å². The Morgan fingerprint density at radius 1 is 1.54 bits per heavy atom. The van der Waals surface area contributed by atoms with Crippen molar-refractivity contribution in [2.75, 3.05) is 14.2 Å². The molecule has 0 radical (unpaired) electrons. The van der Waals surface area contributed by atoms with Crippen molar-refractivity contribution in [3.05, 3.63) is 28.8 Å². The van der Waals surface area contributed by atoms with Gasteiger partial charge in [-0.1, -0.05) is 17.7 Å². The molecule has 0 aliphatic heterocycles. The first-order chi connectivity index (χ1) is 6.13. The molecule has 3 nitrogen and oxygen atoms in total. The summed E-state index contributed by atoms with van der Waals surface area (Å²) < 4.78 is 5.10. The van der Waals surface area contributed by atoms with Gasteiger partial charge in [-0.05, 0) is 12.1 Å². The Labute approximate surface area is 82.5 Å². The number of nitrogens with zero attached hydrogens (tertiary/aromatic N) is 1. The Morgan fingerprint density at radius 2 is 2.23 bits per heavy atom. The number of rotatable bonds is 3. The fraction of sp³-hybridized carbons (Fsp3) is 0.333. The van der Waals surface area contributed by atoms with E-state index in [0.29, 0.717) is 17.3 Å². The van der Waals surface area contributed by atoms with Crippen LogP contribution in [0.4, 0.5) is 0 Å². The predicted molar refractivity (Wildman–Crippen MR) is 51.3 cm³/mol. The van der Waals surface area contributed by atoms with Crippen LogP contribution in [0.15, 0.2) is 18.2 Å². The first-order valence-corrected chi connectivity index (χ1v) is 4.23. The molecule has 4 heteroatoms. The molecule has 1 rings (SSSR count). The van der Waals surface area contributed by atoms with Crippen molar-refractivity contribution in [3.8, 4) is 5.75 Å². The van der Waals surface area contributed by atoms with E-state index in [2.05, 4.69) is 0 Å². The highest BCUT2D eigenvalue weighted by atomic mass is 35.5. The minimum atomic E-state index is 0.417. The largest absolute Gasteiger partial charge is 0.496 e. The standard InChI is InChI=1S/C9H12ClNO2/c1-11(12)6-7-3-4-8(10)5-9(7)13-2/h3-5,12H,6H2,1-2H3. The fourth-order valence-electron chi connectivity index (χ4n) is 1.10. The molecule has 0 saturated heterocycles. The summed E-state index contributed by atoms with van der Waals surface area (Å²) in [6.45, 7) is 0.417. The van der Waals surface area contributed by atoms with Crippen LogP contribution < -0.4 is 4.74 Å². The average molecular weight is 202 g/mol.